The lowest BCUT2D eigenvalue weighted by Gasteiger charge is -2.42. The molecule has 226 valence electrons. The first-order chi connectivity index (χ1) is 18.8. The molecule has 1 unspecified atom stereocenters. The summed E-state index contributed by atoms with van der Waals surface area (Å²) in [5.74, 6) is 1.14. The molecule has 1 N–H and O–H groups in total. The Morgan fingerprint density at radius 1 is 1.15 bits per heavy atom. The summed E-state index contributed by atoms with van der Waals surface area (Å²) in [7, 11) is -0.343. The van der Waals surface area contributed by atoms with Gasteiger partial charge in [0.1, 0.15) is 5.75 Å². The second-order valence-electron chi connectivity index (χ2n) is 12.8. The number of carbonyl (C=O) groups is 1. The largest absolute Gasteiger partial charge is 0.497 e. The van der Waals surface area contributed by atoms with E-state index in [0.717, 1.165) is 30.6 Å². The van der Waals surface area contributed by atoms with E-state index in [9.17, 15) is 9.90 Å². The average molecular weight is 575 g/mol. The molecule has 0 aromatic heterocycles. The van der Waals surface area contributed by atoms with Crippen molar-refractivity contribution in [1.29, 1.82) is 0 Å². The molecule has 1 aliphatic rings. The van der Waals surface area contributed by atoms with Crippen molar-refractivity contribution in [2.24, 2.45) is 17.8 Å². The molecule has 6 nitrogen and oxygen atoms in total. The molecule has 0 amide bonds. The molecule has 1 aliphatic carbocycles. The Balaban J connectivity index is 2.17. The van der Waals surface area contributed by atoms with Crippen molar-refractivity contribution in [2.75, 3.05) is 20.3 Å². The maximum absolute atomic E-state index is 12.5. The maximum Gasteiger partial charge on any atom is 0.336 e. The summed E-state index contributed by atoms with van der Waals surface area (Å²) in [6.07, 6.45) is 9.06. The van der Waals surface area contributed by atoms with Crippen LogP contribution in [0.4, 0.5) is 0 Å². The zero-order chi connectivity index (χ0) is 29.9. The number of hydrogen-bond donors (Lipinski definition) is 1. The van der Waals surface area contributed by atoms with Crippen molar-refractivity contribution < 1.29 is 28.5 Å². The van der Waals surface area contributed by atoms with Crippen molar-refractivity contribution in [3.63, 3.8) is 0 Å². The summed E-state index contributed by atoms with van der Waals surface area (Å²) in [4.78, 5) is 12.5. The number of allylic oxidation sites excluding steroid dienone is 2. The van der Waals surface area contributed by atoms with Crippen LogP contribution in [-0.2, 0) is 25.3 Å². The first-order valence-electron chi connectivity index (χ1n) is 14.9. The highest BCUT2D eigenvalue weighted by Crippen LogP contribution is 2.43. The Hall–Kier alpha value is -1.93. The Kier molecular flexibility index (Phi) is 13.6. The molecule has 1 aromatic rings. The topological polar surface area (TPSA) is 74.2 Å². The number of aliphatic hydroxyl groups excluding tert-OH is 1. The zero-order valence-corrected chi connectivity index (χ0v) is 27.4. The Morgan fingerprint density at radius 3 is 2.40 bits per heavy atom. The molecule has 40 heavy (non-hydrogen) atoms. The van der Waals surface area contributed by atoms with Crippen LogP contribution < -0.4 is 4.74 Å². The number of carbonyl (C=O) groups excluding carboxylic acids is 1. The van der Waals surface area contributed by atoms with E-state index in [1.807, 2.05) is 44.2 Å². The number of ether oxygens (including phenoxy) is 3. The number of aliphatic hydroxyl groups is 1. The quantitative estimate of drug-likeness (QED) is 0.101. The van der Waals surface area contributed by atoms with Gasteiger partial charge in [-0.1, -0.05) is 65.3 Å². The van der Waals surface area contributed by atoms with Gasteiger partial charge in [0.25, 0.3) is 0 Å². The smallest absolute Gasteiger partial charge is 0.336 e. The molecule has 0 aliphatic heterocycles. The molecule has 4 atom stereocenters. The number of esters is 1. The van der Waals surface area contributed by atoms with E-state index < -0.39 is 20.4 Å². The van der Waals surface area contributed by atoms with E-state index in [0.29, 0.717) is 30.6 Å². The third-order valence-corrected chi connectivity index (χ3v) is 13.0. The second-order valence-corrected chi connectivity index (χ2v) is 17.6. The summed E-state index contributed by atoms with van der Waals surface area (Å²) in [6, 6.07) is 8.03. The highest BCUT2D eigenvalue weighted by molar-refractivity contribution is 6.74. The van der Waals surface area contributed by atoms with Crippen molar-refractivity contribution >= 4 is 14.3 Å². The van der Waals surface area contributed by atoms with Crippen molar-refractivity contribution in [3.05, 3.63) is 53.6 Å². The molecular weight excluding hydrogens is 520 g/mol. The Labute approximate surface area is 244 Å². The highest BCUT2D eigenvalue weighted by Gasteiger charge is 2.42. The van der Waals surface area contributed by atoms with Gasteiger partial charge in [-0.2, -0.15) is 0 Å². The van der Waals surface area contributed by atoms with E-state index in [2.05, 4.69) is 39.9 Å². The van der Waals surface area contributed by atoms with Gasteiger partial charge in [0, 0.05) is 0 Å². The normalized spacial score (nSPS) is 20.2. The summed E-state index contributed by atoms with van der Waals surface area (Å²) in [6.45, 7) is 18.6. The molecule has 0 bridgehead atoms. The Morgan fingerprint density at radius 2 is 1.82 bits per heavy atom. The molecule has 0 heterocycles. The highest BCUT2D eigenvalue weighted by atomic mass is 28.4. The van der Waals surface area contributed by atoms with Crippen LogP contribution in [0, 0.1) is 17.8 Å². The van der Waals surface area contributed by atoms with E-state index in [-0.39, 0.29) is 23.7 Å². The lowest BCUT2D eigenvalue weighted by atomic mass is 9.89. The third kappa shape index (κ3) is 10.2. The number of methoxy groups -OCH3 is 1. The molecule has 7 heteroatoms. The van der Waals surface area contributed by atoms with Gasteiger partial charge in [0.15, 0.2) is 8.32 Å². The van der Waals surface area contributed by atoms with Gasteiger partial charge in [0.2, 0.25) is 0 Å². The second kappa shape index (κ2) is 15.9. The molecule has 1 fully saturated rings. The van der Waals surface area contributed by atoms with Gasteiger partial charge in [-0.05, 0) is 85.8 Å². The fourth-order valence-electron chi connectivity index (χ4n) is 4.92. The lowest BCUT2D eigenvalue weighted by molar-refractivity contribution is -0.139. The van der Waals surface area contributed by atoms with Crippen LogP contribution in [0.2, 0.25) is 18.1 Å². The van der Waals surface area contributed by atoms with E-state index in [4.69, 9.17) is 18.6 Å². The maximum atomic E-state index is 12.5. The lowest BCUT2D eigenvalue weighted by Crippen LogP contribution is -2.46. The molecule has 0 spiro atoms. The molecule has 0 saturated heterocycles. The standard InChI is InChI=1S/C33H54O6Si/c1-10-38-32(35)29(31(34)24(2)3)15-11-12-17-30(39-40(8,9)33(4,5)6)28-16-13-14-26(28)23-37-22-25-18-20-27(36-7)21-19-25/h11-12,15,18-21,24,26,28,30-31,34H,10,13-14,16-17,22-23H2,1-9H3/b12-11+,29-15+/t26-,28+,30-,31?/m0/s1. The van der Waals surface area contributed by atoms with E-state index in [1.54, 1.807) is 20.1 Å². The molecular formula is C33H54O6Si. The number of rotatable bonds is 15. The van der Waals surface area contributed by atoms with Crippen LogP contribution in [0.1, 0.15) is 72.8 Å². The fraction of sp³-hybridized carbons (Fsp3) is 0.667. The van der Waals surface area contributed by atoms with Crippen LogP contribution in [0.15, 0.2) is 48.1 Å². The Bertz CT molecular complexity index is 960. The minimum atomic E-state index is -2.02. The predicted molar refractivity (Wildman–Crippen MR) is 165 cm³/mol. The first kappa shape index (κ1) is 34.3. The van der Waals surface area contributed by atoms with E-state index >= 15 is 0 Å². The zero-order valence-electron chi connectivity index (χ0n) is 26.4. The summed E-state index contributed by atoms with van der Waals surface area (Å²) < 4.78 is 23.7. The third-order valence-electron chi connectivity index (χ3n) is 8.45. The predicted octanol–water partition coefficient (Wildman–Crippen LogP) is 7.47. The average Bonchev–Trinajstić information content (AvgIpc) is 3.35. The summed E-state index contributed by atoms with van der Waals surface area (Å²) >= 11 is 0. The molecule has 0 radical (unpaired) electrons. The van der Waals surface area contributed by atoms with Gasteiger partial charge in [-0.25, -0.2) is 4.79 Å². The van der Waals surface area contributed by atoms with Crippen molar-refractivity contribution in [1.82, 2.24) is 0 Å². The van der Waals surface area contributed by atoms with Crippen molar-refractivity contribution in [3.8, 4) is 5.75 Å². The monoisotopic (exact) mass is 574 g/mol. The SMILES string of the molecule is CCOC(=O)/C(=C/C=C/C[C@H](O[Si](C)(C)C(C)(C)C)[C@@H]1CCC[C@H]1COCc1ccc(OC)cc1)C(O)C(C)C. The van der Waals surface area contributed by atoms with Crippen LogP contribution in [0.25, 0.3) is 0 Å². The van der Waals surface area contributed by atoms with E-state index in [1.165, 1.54) is 6.42 Å². The van der Waals surface area contributed by atoms with Gasteiger partial charge in [-0.3, -0.25) is 0 Å². The van der Waals surface area contributed by atoms with Crippen LogP contribution >= 0.6 is 0 Å². The number of benzene rings is 1. The first-order valence-corrected chi connectivity index (χ1v) is 17.8. The van der Waals surface area contributed by atoms with Crippen LogP contribution in [-0.4, -0.2) is 51.9 Å². The van der Waals surface area contributed by atoms with Gasteiger partial charge in [0.05, 0.1) is 44.7 Å². The van der Waals surface area contributed by atoms with Crippen molar-refractivity contribution in [2.45, 2.75) is 104 Å². The summed E-state index contributed by atoms with van der Waals surface area (Å²) in [5.41, 5.74) is 1.43. The molecule has 2 rings (SSSR count). The fourth-order valence-corrected chi connectivity index (χ4v) is 6.30. The van der Waals surface area contributed by atoms with Gasteiger partial charge >= 0.3 is 5.97 Å². The van der Waals surface area contributed by atoms with Gasteiger partial charge < -0.3 is 23.7 Å². The molecule has 1 saturated carbocycles. The molecule has 1 aromatic carbocycles. The van der Waals surface area contributed by atoms with Crippen LogP contribution in [0.3, 0.4) is 0 Å². The minimum Gasteiger partial charge on any atom is -0.497 e. The van der Waals surface area contributed by atoms with Gasteiger partial charge in [-0.15, -0.1) is 0 Å². The van der Waals surface area contributed by atoms with Crippen LogP contribution in [0.5, 0.6) is 5.75 Å². The minimum absolute atomic E-state index is 0.0729. The summed E-state index contributed by atoms with van der Waals surface area (Å²) in [5, 5.41) is 10.7. The number of hydrogen-bond acceptors (Lipinski definition) is 6.